The van der Waals surface area contributed by atoms with Crippen LogP contribution in [-0.4, -0.2) is 18.2 Å². The third-order valence-electron chi connectivity index (χ3n) is 1.13. The van der Waals surface area contributed by atoms with Crippen molar-refractivity contribution < 1.29 is 9.59 Å². The molecule has 1 aliphatic heterocycles. The summed E-state index contributed by atoms with van der Waals surface area (Å²) in [5, 5.41) is 2.45. The number of carbonyl (C=O) groups excluding carboxylic acids is 2. The zero-order valence-electron chi connectivity index (χ0n) is 5.28. The van der Waals surface area contributed by atoms with Crippen LogP contribution in [0.4, 0.5) is 0 Å². The molecule has 10 heavy (non-hydrogen) atoms. The van der Waals surface area contributed by atoms with E-state index >= 15 is 0 Å². The molecule has 3 nitrogen and oxygen atoms in total. The summed E-state index contributed by atoms with van der Waals surface area (Å²) in [5.74, 6) is -0.234. The van der Waals surface area contributed by atoms with Gasteiger partial charge in [-0.1, -0.05) is 18.2 Å². The minimum atomic E-state index is -0.470. The van der Waals surface area contributed by atoms with Gasteiger partial charge in [-0.15, -0.1) is 0 Å². The summed E-state index contributed by atoms with van der Waals surface area (Å²) >= 11 is 0. The fourth-order valence-electron chi connectivity index (χ4n) is 0.667. The molecule has 1 atom stereocenters. The van der Waals surface area contributed by atoms with Crippen LogP contribution in [0.15, 0.2) is 24.3 Å². The van der Waals surface area contributed by atoms with Crippen LogP contribution in [0.5, 0.6) is 0 Å². The maximum atomic E-state index is 10.7. The molecule has 0 aromatic heterocycles. The zero-order chi connectivity index (χ0) is 7.40. The van der Waals surface area contributed by atoms with Crippen molar-refractivity contribution in [3.8, 4) is 0 Å². The molecule has 0 aromatic carbocycles. The highest BCUT2D eigenvalue weighted by molar-refractivity contribution is 5.90. The summed E-state index contributed by atoms with van der Waals surface area (Å²) in [4.78, 5) is 20.8. The first-order valence-electron chi connectivity index (χ1n) is 2.93. The van der Waals surface area contributed by atoms with E-state index in [1.54, 1.807) is 18.2 Å². The predicted molar refractivity (Wildman–Crippen MR) is 36.3 cm³/mol. The maximum absolute atomic E-state index is 10.7. The Labute approximate surface area is 58.4 Å². The summed E-state index contributed by atoms with van der Waals surface area (Å²) in [5.41, 5.74) is 0. The van der Waals surface area contributed by atoms with E-state index in [1.165, 1.54) is 6.08 Å². The van der Waals surface area contributed by atoms with Crippen molar-refractivity contribution in [2.75, 3.05) is 0 Å². The monoisotopic (exact) mass is 137 g/mol. The smallest absolute Gasteiger partial charge is 0.244 e. The number of carbonyl (C=O) groups is 2. The minimum absolute atomic E-state index is 0.234. The van der Waals surface area contributed by atoms with Crippen molar-refractivity contribution in [1.82, 2.24) is 5.32 Å². The summed E-state index contributed by atoms with van der Waals surface area (Å²) in [7, 11) is 0. The van der Waals surface area contributed by atoms with Crippen LogP contribution in [0.3, 0.4) is 0 Å². The SMILES string of the molecule is O=CC1C=CC=CC(=O)N1. The summed E-state index contributed by atoms with van der Waals surface area (Å²) in [6.45, 7) is 0. The Kier molecular flexibility index (Phi) is 1.99. The van der Waals surface area contributed by atoms with Gasteiger partial charge in [0.15, 0.2) is 0 Å². The van der Waals surface area contributed by atoms with E-state index in [9.17, 15) is 9.59 Å². The summed E-state index contributed by atoms with van der Waals surface area (Å²) < 4.78 is 0. The molecule has 52 valence electrons. The van der Waals surface area contributed by atoms with Gasteiger partial charge in [-0.05, 0) is 0 Å². The molecule has 1 amide bonds. The van der Waals surface area contributed by atoms with E-state index in [1.807, 2.05) is 0 Å². The Balaban J connectivity index is 2.68. The predicted octanol–water partition coefficient (Wildman–Crippen LogP) is -0.204. The molecular formula is C7H7NO2. The van der Waals surface area contributed by atoms with Crippen LogP contribution in [0, 0.1) is 0 Å². The second-order valence-electron chi connectivity index (χ2n) is 1.91. The van der Waals surface area contributed by atoms with Crippen LogP contribution in [0.1, 0.15) is 0 Å². The molecule has 1 rings (SSSR count). The van der Waals surface area contributed by atoms with Gasteiger partial charge < -0.3 is 10.1 Å². The summed E-state index contributed by atoms with van der Waals surface area (Å²) in [6.07, 6.45) is 6.94. The van der Waals surface area contributed by atoms with E-state index in [-0.39, 0.29) is 5.91 Å². The summed E-state index contributed by atoms with van der Waals surface area (Å²) in [6, 6.07) is -0.470. The molecule has 1 N–H and O–H groups in total. The number of hydrogen-bond donors (Lipinski definition) is 1. The number of rotatable bonds is 1. The normalized spacial score (nSPS) is 23.6. The van der Waals surface area contributed by atoms with Crippen molar-refractivity contribution in [3.05, 3.63) is 24.3 Å². The molecule has 0 saturated carbocycles. The Hall–Kier alpha value is -1.38. The van der Waals surface area contributed by atoms with Crippen LogP contribution in [0.25, 0.3) is 0 Å². The highest BCUT2D eigenvalue weighted by Gasteiger charge is 2.05. The Morgan fingerprint density at radius 1 is 1.50 bits per heavy atom. The molecule has 3 heteroatoms. The second kappa shape index (κ2) is 2.96. The van der Waals surface area contributed by atoms with Crippen LogP contribution < -0.4 is 5.32 Å². The van der Waals surface area contributed by atoms with Crippen molar-refractivity contribution in [2.24, 2.45) is 0 Å². The van der Waals surface area contributed by atoms with Gasteiger partial charge in [0.05, 0.1) is 0 Å². The van der Waals surface area contributed by atoms with Gasteiger partial charge in [0.1, 0.15) is 12.3 Å². The van der Waals surface area contributed by atoms with E-state index < -0.39 is 6.04 Å². The van der Waals surface area contributed by atoms with Gasteiger partial charge in [-0.3, -0.25) is 4.79 Å². The van der Waals surface area contributed by atoms with Gasteiger partial charge in [-0.25, -0.2) is 0 Å². The van der Waals surface area contributed by atoms with E-state index in [0.717, 1.165) is 0 Å². The zero-order valence-corrected chi connectivity index (χ0v) is 5.28. The number of nitrogens with one attached hydrogen (secondary N) is 1. The van der Waals surface area contributed by atoms with E-state index in [4.69, 9.17) is 0 Å². The topological polar surface area (TPSA) is 46.2 Å². The van der Waals surface area contributed by atoms with Crippen LogP contribution >= 0.6 is 0 Å². The lowest BCUT2D eigenvalue weighted by atomic mass is 10.3. The highest BCUT2D eigenvalue weighted by Crippen LogP contribution is 1.89. The molecule has 1 unspecified atom stereocenters. The molecule has 0 spiro atoms. The second-order valence-corrected chi connectivity index (χ2v) is 1.91. The largest absolute Gasteiger partial charge is 0.340 e. The van der Waals surface area contributed by atoms with Crippen molar-refractivity contribution >= 4 is 12.2 Å². The van der Waals surface area contributed by atoms with Crippen molar-refractivity contribution in [3.63, 3.8) is 0 Å². The van der Waals surface area contributed by atoms with Gasteiger partial charge in [-0.2, -0.15) is 0 Å². The lowest BCUT2D eigenvalue weighted by molar-refractivity contribution is -0.119. The molecule has 0 aromatic rings. The average molecular weight is 137 g/mol. The first kappa shape index (κ1) is 6.74. The lowest BCUT2D eigenvalue weighted by Gasteiger charge is -2.02. The molecule has 0 radical (unpaired) electrons. The number of amides is 1. The van der Waals surface area contributed by atoms with Crippen LogP contribution in [-0.2, 0) is 9.59 Å². The number of aldehydes is 1. The fourth-order valence-corrected chi connectivity index (χ4v) is 0.667. The van der Waals surface area contributed by atoms with Crippen molar-refractivity contribution in [2.45, 2.75) is 6.04 Å². The molecule has 0 saturated heterocycles. The molecule has 0 aliphatic carbocycles. The highest BCUT2D eigenvalue weighted by atomic mass is 16.2. The molecule has 0 fully saturated rings. The maximum Gasteiger partial charge on any atom is 0.244 e. The number of allylic oxidation sites excluding steroid dienone is 2. The minimum Gasteiger partial charge on any atom is -0.340 e. The lowest BCUT2D eigenvalue weighted by Crippen LogP contribution is -2.32. The van der Waals surface area contributed by atoms with Crippen LogP contribution in [0.2, 0.25) is 0 Å². The first-order chi connectivity index (χ1) is 4.83. The Bertz CT molecular complexity index is 206. The quantitative estimate of drug-likeness (QED) is 0.508. The number of hydrogen-bond acceptors (Lipinski definition) is 2. The van der Waals surface area contributed by atoms with E-state index in [0.29, 0.717) is 6.29 Å². The standard InChI is InChI=1S/C7H7NO2/c9-5-6-3-1-2-4-7(10)8-6/h1-6H,(H,8,10). The average Bonchev–Trinajstić information content (AvgIpc) is 2.13. The van der Waals surface area contributed by atoms with Gasteiger partial charge in [0.25, 0.3) is 0 Å². The fraction of sp³-hybridized carbons (Fsp3) is 0.143. The van der Waals surface area contributed by atoms with Gasteiger partial charge in [0.2, 0.25) is 5.91 Å². The molecule has 1 aliphatic rings. The molecular weight excluding hydrogens is 130 g/mol. The van der Waals surface area contributed by atoms with E-state index in [2.05, 4.69) is 5.32 Å². The Morgan fingerprint density at radius 2 is 2.30 bits per heavy atom. The Morgan fingerprint density at radius 3 is 3.00 bits per heavy atom. The third kappa shape index (κ3) is 1.55. The third-order valence-corrected chi connectivity index (χ3v) is 1.13. The molecule has 0 bridgehead atoms. The molecule has 1 heterocycles. The van der Waals surface area contributed by atoms with Gasteiger partial charge in [0, 0.05) is 6.08 Å². The van der Waals surface area contributed by atoms with Crippen molar-refractivity contribution in [1.29, 1.82) is 0 Å². The van der Waals surface area contributed by atoms with Gasteiger partial charge >= 0.3 is 0 Å². The first-order valence-corrected chi connectivity index (χ1v) is 2.93.